The summed E-state index contributed by atoms with van der Waals surface area (Å²) in [6, 6.07) is 7.03. The van der Waals surface area contributed by atoms with Crippen LogP contribution >= 0.6 is 0 Å². The Kier molecular flexibility index (Phi) is 1.94. The Morgan fingerprint density at radius 2 is 2.00 bits per heavy atom. The normalized spacial score (nSPS) is 9.09. The lowest BCUT2D eigenvalue weighted by Gasteiger charge is -1.90. The van der Waals surface area contributed by atoms with Crippen molar-refractivity contribution < 1.29 is 4.42 Å². The highest BCUT2D eigenvalue weighted by molar-refractivity contribution is 5.23. The maximum absolute atomic E-state index is 8.46. The third kappa shape index (κ3) is 1.39. The summed E-state index contributed by atoms with van der Waals surface area (Å²) >= 11 is 0. The number of nitrogens with zero attached hydrogens (tertiary/aromatic N) is 2. The number of hydrogen-bond acceptors (Lipinski definition) is 3. The van der Waals surface area contributed by atoms with Crippen molar-refractivity contribution in [3.63, 3.8) is 0 Å². The lowest BCUT2D eigenvalue weighted by atomic mass is 10.1. The van der Waals surface area contributed by atoms with Gasteiger partial charge in [0.1, 0.15) is 11.5 Å². The van der Waals surface area contributed by atoms with E-state index in [2.05, 4.69) is 0 Å². The highest BCUT2D eigenvalue weighted by Gasteiger charge is 2.11. The fourth-order valence-corrected chi connectivity index (χ4v) is 0.765. The van der Waals surface area contributed by atoms with Gasteiger partial charge in [-0.25, -0.2) is 0 Å². The van der Waals surface area contributed by atoms with Gasteiger partial charge >= 0.3 is 0 Å². The summed E-state index contributed by atoms with van der Waals surface area (Å²) in [4.78, 5) is 0. The quantitative estimate of drug-likeness (QED) is 0.606. The fraction of sp³-hybridized carbons (Fsp3) is 0.250. The van der Waals surface area contributed by atoms with E-state index in [1.54, 1.807) is 19.1 Å². The molecule has 0 saturated heterocycles. The van der Waals surface area contributed by atoms with Crippen molar-refractivity contribution in [2.45, 2.75) is 12.8 Å². The number of aryl methyl sites for hydroxylation is 1. The molecule has 1 rings (SSSR count). The van der Waals surface area contributed by atoms with E-state index in [0.29, 0.717) is 5.76 Å². The van der Waals surface area contributed by atoms with Crippen molar-refractivity contribution in [1.29, 1.82) is 10.5 Å². The van der Waals surface area contributed by atoms with Crippen LogP contribution in [0.2, 0.25) is 0 Å². The molecule has 0 bridgehead atoms. The van der Waals surface area contributed by atoms with Crippen LogP contribution in [0.15, 0.2) is 16.5 Å². The topological polar surface area (TPSA) is 60.7 Å². The molecule has 0 unspecified atom stereocenters. The van der Waals surface area contributed by atoms with Gasteiger partial charge in [0.25, 0.3) is 0 Å². The Morgan fingerprint density at radius 3 is 2.36 bits per heavy atom. The first-order chi connectivity index (χ1) is 5.27. The zero-order valence-electron chi connectivity index (χ0n) is 6.03. The summed E-state index contributed by atoms with van der Waals surface area (Å²) in [5.41, 5.74) is 0. The molecule has 0 aliphatic rings. The first-order valence-corrected chi connectivity index (χ1v) is 3.13. The van der Waals surface area contributed by atoms with Gasteiger partial charge in [0.2, 0.25) is 0 Å². The molecular formula is C8H6N2O. The Labute approximate surface area is 64.5 Å². The number of nitriles is 2. The van der Waals surface area contributed by atoms with Crippen LogP contribution in [0, 0.1) is 29.6 Å². The molecule has 0 saturated carbocycles. The fourth-order valence-electron chi connectivity index (χ4n) is 0.765. The Morgan fingerprint density at radius 1 is 1.36 bits per heavy atom. The summed E-state index contributed by atoms with van der Waals surface area (Å²) in [6.07, 6.45) is 0. The van der Waals surface area contributed by atoms with Gasteiger partial charge in [-0.1, -0.05) is 0 Å². The molecule has 3 nitrogen and oxygen atoms in total. The second-order valence-electron chi connectivity index (χ2n) is 2.14. The summed E-state index contributed by atoms with van der Waals surface area (Å²) in [6.45, 7) is 1.77. The maximum atomic E-state index is 8.46. The molecule has 0 aliphatic heterocycles. The average molecular weight is 146 g/mol. The van der Waals surface area contributed by atoms with Crippen LogP contribution in [0.5, 0.6) is 0 Å². The van der Waals surface area contributed by atoms with Gasteiger partial charge in [0, 0.05) is 0 Å². The van der Waals surface area contributed by atoms with Crippen molar-refractivity contribution in [3.05, 3.63) is 23.7 Å². The predicted octanol–water partition coefficient (Wildman–Crippen LogP) is 1.72. The molecule has 0 fully saturated rings. The molecule has 0 amide bonds. The van der Waals surface area contributed by atoms with Crippen LogP contribution < -0.4 is 0 Å². The minimum Gasteiger partial charge on any atom is -0.464 e. The third-order valence-corrected chi connectivity index (χ3v) is 1.30. The summed E-state index contributed by atoms with van der Waals surface area (Å²) in [5, 5.41) is 16.9. The molecule has 54 valence electrons. The zero-order valence-corrected chi connectivity index (χ0v) is 6.03. The van der Waals surface area contributed by atoms with Crippen LogP contribution in [0.25, 0.3) is 0 Å². The smallest absolute Gasteiger partial charge is 0.190 e. The number of hydrogen-bond donors (Lipinski definition) is 0. The molecule has 0 radical (unpaired) electrons. The van der Waals surface area contributed by atoms with Crippen LogP contribution in [0.1, 0.15) is 17.4 Å². The van der Waals surface area contributed by atoms with E-state index in [-0.39, 0.29) is 0 Å². The SMILES string of the molecule is Cc1ccc(C(C#N)C#N)o1. The molecule has 1 heterocycles. The van der Waals surface area contributed by atoms with E-state index >= 15 is 0 Å². The molecule has 0 aromatic carbocycles. The molecule has 0 aliphatic carbocycles. The summed E-state index contributed by atoms with van der Waals surface area (Å²) < 4.78 is 5.08. The van der Waals surface area contributed by atoms with E-state index in [1.165, 1.54) is 0 Å². The van der Waals surface area contributed by atoms with Crippen LogP contribution in [-0.2, 0) is 0 Å². The minimum atomic E-state index is -0.774. The number of rotatable bonds is 1. The third-order valence-electron chi connectivity index (χ3n) is 1.30. The Bertz CT molecular complexity index is 313. The highest BCUT2D eigenvalue weighted by Crippen LogP contribution is 2.16. The average Bonchev–Trinajstić information content (AvgIpc) is 2.39. The van der Waals surface area contributed by atoms with Crippen LogP contribution in [0.4, 0.5) is 0 Å². The second kappa shape index (κ2) is 2.90. The maximum Gasteiger partial charge on any atom is 0.190 e. The lowest BCUT2D eigenvalue weighted by molar-refractivity contribution is 0.486. The highest BCUT2D eigenvalue weighted by atomic mass is 16.3. The van der Waals surface area contributed by atoms with Gasteiger partial charge in [-0.2, -0.15) is 10.5 Å². The van der Waals surface area contributed by atoms with Gasteiger partial charge in [-0.05, 0) is 19.1 Å². The summed E-state index contributed by atoms with van der Waals surface area (Å²) in [7, 11) is 0. The molecule has 11 heavy (non-hydrogen) atoms. The first-order valence-electron chi connectivity index (χ1n) is 3.13. The summed E-state index contributed by atoms with van der Waals surface area (Å²) in [5.74, 6) is 0.367. The van der Waals surface area contributed by atoms with Crippen molar-refractivity contribution in [2.24, 2.45) is 0 Å². The van der Waals surface area contributed by atoms with E-state index in [1.807, 2.05) is 12.1 Å². The predicted molar refractivity (Wildman–Crippen MR) is 37.4 cm³/mol. The van der Waals surface area contributed by atoms with Gasteiger partial charge in [-0.3, -0.25) is 0 Å². The molecule has 0 N–H and O–H groups in total. The van der Waals surface area contributed by atoms with Crippen molar-refractivity contribution in [2.75, 3.05) is 0 Å². The van der Waals surface area contributed by atoms with Gasteiger partial charge < -0.3 is 4.42 Å². The van der Waals surface area contributed by atoms with Crippen LogP contribution in [-0.4, -0.2) is 0 Å². The minimum absolute atomic E-state index is 0.424. The van der Waals surface area contributed by atoms with Gasteiger partial charge in [-0.15, -0.1) is 0 Å². The monoisotopic (exact) mass is 146 g/mol. The molecular weight excluding hydrogens is 140 g/mol. The van der Waals surface area contributed by atoms with E-state index in [9.17, 15) is 0 Å². The van der Waals surface area contributed by atoms with Crippen molar-refractivity contribution in [1.82, 2.24) is 0 Å². The standard InChI is InChI=1S/C8H6N2O/c1-6-2-3-8(11-6)7(4-9)5-10/h2-3,7H,1H3. The van der Waals surface area contributed by atoms with E-state index < -0.39 is 5.92 Å². The largest absolute Gasteiger partial charge is 0.464 e. The molecule has 0 spiro atoms. The Balaban J connectivity index is 2.95. The first kappa shape index (κ1) is 7.37. The van der Waals surface area contributed by atoms with Crippen molar-refractivity contribution in [3.8, 4) is 12.1 Å². The van der Waals surface area contributed by atoms with Crippen molar-refractivity contribution >= 4 is 0 Å². The van der Waals surface area contributed by atoms with Gasteiger partial charge in [0.05, 0.1) is 12.1 Å². The zero-order chi connectivity index (χ0) is 8.27. The second-order valence-corrected chi connectivity index (χ2v) is 2.14. The lowest BCUT2D eigenvalue weighted by Crippen LogP contribution is -1.87. The van der Waals surface area contributed by atoms with E-state index in [4.69, 9.17) is 14.9 Å². The molecule has 3 heteroatoms. The molecule has 0 atom stereocenters. The number of furan rings is 1. The Hall–Kier alpha value is -1.74. The molecule has 1 aromatic heterocycles. The van der Waals surface area contributed by atoms with Gasteiger partial charge in [0.15, 0.2) is 5.92 Å². The molecule has 1 aromatic rings. The van der Waals surface area contributed by atoms with E-state index in [0.717, 1.165) is 5.76 Å². The van der Waals surface area contributed by atoms with Crippen LogP contribution in [0.3, 0.4) is 0 Å².